The lowest BCUT2D eigenvalue weighted by molar-refractivity contribution is -0.131. The number of rotatable bonds is 7. The molecule has 0 aliphatic carbocycles. The largest absolute Gasteiger partial charge is 0.496 e. The molecular weight excluding hydrogens is 355 g/mol. The van der Waals surface area contributed by atoms with Gasteiger partial charge in [0.2, 0.25) is 0 Å². The number of hydrogen-bond donors (Lipinski definition) is 1. The molecule has 1 N–H and O–H groups in total. The number of unbranched alkanes of at least 4 members (excludes halogenated alkanes) is 2. The summed E-state index contributed by atoms with van der Waals surface area (Å²) in [6.45, 7) is 2.17. The van der Waals surface area contributed by atoms with Gasteiger partial charge in [-0.15, -0.1) is 0 Å². The van der Waals surface area contributed by atoms with Gasteiger partial charge in [-0.2, -0.15) is 0 Å². The molecule has 1 aromatic rings. The van der Waals surface area contributed by atoms with Crippen molar-refractivity contribution in [3.05, 3.63) is 32.9 Å². The van der Waals surface area contributed by atoms with Crippen molar-refractivity contribution in [2.75, 3.05) is 7.11 Å². The maximum absolute atomic E-state index is 10.6. The van der Waals surface area contributed by atoms with Gasteiger partial charge in [0.1, 0.15) is 5.75 Å². The molecule has 19 heavy (non-hydrogen) atoms. The third-order valence-electron chi connectivity index (χ3n) is 2.90. The Bertz CT molecular complexity index is 467. The quantitative estimate of drug-likeness (QED) is 0.444. The lowest BCUT2D eigenvalue weighted by atomic mass is 10.0. The highest BCUT2D eigenvalue weighted by Crippen LogP contribution is 2.29. The first-order valence-electron chi connectivity index (χ1n) is 6.36. The Morgan fingerprint density at radius 2 is 2.16 bits per heavy atom. The first kappa shape index (κ1) is 16.0. The lowest BCUT2D eigenvalue weighted by Gasteiger charge is -2.12. The molecule has 0 bridgehead atoms. The molecule has 4 heteroatoms. The van der Waals surface area contributed by atoms with E-state index in [9.17, 15) is 4.79 Å². The molecule has 0 saturated carbocycles. The minimum Gasteiger partial charge on any atom is -0.496 e. The number of aliphatic carboxylic acids is 1. The van der Waals surface area contributed by atoms with Crippen LogP contribution in [0, 0.1) is 3.57 Å². The molecule has 0 unspecified atom stereocenters. The Morgan fingerprint density at radius 3 is 2.74 bits per heavy atom. The second-order valence-electron chi connectivity index (χ2n) is 4.28. The van der Waals surface area contributed by atoms with Crippen molar-refractivity contribution in [2.45, 2.75) is 32.6 Å². The van der Waals surface area contributed by atoms with Gasteiger partial charge in [-0.05, 0) is 58.7 Å². The molecule has 0 atom stereocenters. The average molecular weight is 374 g/mol. The molecule has 0 saturated heterocycles. The molecule has 0 aliphatic rings. The van der Waals surface area contributed by atoms with Crippen molar-refractivity contribution in [3.8, 4) is 5.75 Å². The summed E-state index contributed by atoms with van der Waals surface area (Å²) in [5.41, 5.74) is 2.13. The fraction of sp³-hybridized carbons (Fsp3) is 0.400. The molecule has 0 amide bonds. The molecule has 104 valence electrons. The predicted octanol–water partition coefficient (Wildman–Crippen LogP) is 4.13. The van der Waals surface area contributed by atoms with Crippen LogP contribution in [-0.2, 0) is 11.2 Å². The molecule has 1 rings (SSSR count). The van der Waals surface area contributed by atoms with E-state index in [4.69, 9.17) is 9.84 Å². The van der Waals surface area contributed by atoms with Crippen LogP contribution < -0.4 is 4.74 Å². The summed E-state index contributed by atoms with van der Waals surface area (Å²) in [5, 5.41) is 8.74. The molecule has 0 spiro atoms. The predicted molar refractivity (Wildman–Crippen MR) is 85.6 cm³/mol. The van der Waals surface area contributed by atoms with Crippen molar-refractivity contribution in [3.63, 3.8) is 0 Å². The van der Waals surface area contributed by atoms with Crippen LogP contribution in [0.25, 0.3) is 6.08 Å². The fourth-order valence-electron chi connectivity index (χ4n) is 1.90. The van der Waals surface area contributed by atoms with Crippen molar-refractivity contribution in [1.29, 1.82) is 0 Å². The van der Waals surface area contributed by atoms with Gasteiger partial charge in [0, 0.05) is 6.08 Å². The summed E-state index contributed by atoms with van der Waals surface area (Å²) in [7, 11) is 1.65. The minimum atomic E-state index is -0.926. The van der Waals surface area contributed by atoms with Crippen LogP contribution in [0.3, 0.4) is 0 Å². The van der Waals surface area contributed by atoms with E-state index in [0.717, 1.165) is 27.7 Å². The summed E-state index contributed by atoms with van der Waals surface area (Å²) >= 11 is 2.27. The Morgan fingerprint density at radius 1 is 1.42 bits per heavy atom. The zero-order valence-corrected chi connectivity index (χ0v) is 13.4. The monoisotopic (exact) mass is 374 g/mol. The van der Waals surface area contributed by atoms with Crippen LogP contribution in [0.4, 0.5) is 0 Å². The summed E-state index contributed by atoms with van der Waals surface area (Å²) in [6.07, 6.45) is 7.23. The zero-order chi connectivity index (χ0) is 14.3. The lowest BCUT2D eigenvalue weighted by Crippen LogP contribution is -1.98. The van der Waals surface area contributed by atoms with E-state index in [1.165, 1.54) is 24.5 Å². The van der Waals surface area contributed by atoms with Crippen LogP contribution in [0.15, 0.2) is 18.2 Å². The summed E-state index contributed by atoms with van der Waals surface area (Å²) in [5.74, 6) is -0.0788. The normalized spacial score (nSPS) is 10.9. The summed E-state index contributed by atoms with van der Waals surface area (Å²) in [6, 6.07) is 3.80. The third kappa shape index (κ3) is 4.86. The Hall–Kier alpha value is -1.04. The van der Waals surface area contributed by atoms with Gasteiger partial charge in [0.15, 0.2) is 0 Å². The highest BCUT2D eigenvalue weighted by atomic mass is 127. The maximum Gasteiger partial charge on any atom is 0.328 e. The first-order valence-corrected chi connectivity index (χ1v) is 7.44. The van der Waals surface area contributed by atoms with Crippen molar-refractivity contribution in [2.24, 2.45) is 0 Å². The topological polar surface area (TPSA) is 46.5 Å². The molecule has 0 aromatic heterocycles. The van der Waals surface area contributed by atoms with E-state index in [1.807, 2.05) is 12.1 Å². The number of hydrogen-bond acceptors (Lipinski definition) is 2. The number of carboxylic acids is 1. The fourth-order valence-corrected chi connectivity index (χ4v) is 2.88. The maximum atomic E-state index is 10.6. The number of carbonyl (C=O) groups is 1. The number of carboxylic acid groups (broad SMARTS) is 1. The number of methoxy groups -OCH3 is 1. The Kier molecular flexibility index (Phi) is 6.91. The zero-order valence-electron chi connectivity index (χ0n) is 11.3. The molecule has 0 radical (unpaired) electrons. The second kappa shape index (κ2) is 8.19. The van der Waals surface area contributed by atoms with Gasteiger partial charge in [0.25, 0.3) is 0 Å². The first-order chi connectivity index (χ1) is 9.10. The van der Waals surface area contributed by atoms with Gasteiger partial charge in [-0.25, -0.2) is 4.79 Å². The molecule has 0 heterocycles. The van der Waals surface area contributed by atoms with E-state index in [-0.39, 0.29) is 0 Å². The van der Waals surface area contributed by atoms with Crippen molar-refractivity contribution >= 4 is 34.6 Å². The minimum absolute atomic E-state index is 0.847. The summed E-state index contributed by atoms with van der Waals surface area (Å²) in [4.78, 5) is 10.6. The number of ether oxygens (including phenoxy) is 1. The molecule has 0 fully saturated rings. The van der Waals surface area contributed by atoms with Crippen LogP contribution in [-0.4, -0.2) is 18.2 Å². The Balaban J connectivity index is 3.07. The van der Waals surface area contributed by atoms with E-state index in [2.05, 4.69) is 29.5 Å². The standard InChI is InChI=1S/C15H19IO3/c1-3-4-5-6-12-11(8-10-14(17)18)7-9-13(19-2)15(12)16/h7-10H,3-6H2,1-2H3,(H,17,18). The molecule has 0 aliphatic heterocycles. The third-order valence-corrected chi connectivity index (χ3v) is 4.08. The molecule has 3 nitrogen and oxygen atoms in total. The van der Waals surface area contributed by atoms with Gasteiger partial charge in [-0.1, -0.05) is 25.8 Å². The average Bonchev–Trinajstić information content (AvgIpc) is 2.39. The Labute approximate surface area is 127 Å². The van der Waals surface area contributed by atoms with Gasteiger partial charge < -0.3 is 9.84 Å². The van der Waals surface area contributed by atoms with Crippen LogP contribution in [0.2, 0.25) is 0 Å². The summed E-state index contributed by atoms with van der Waals surface area (Å²) < 4.78 is 6.40. The molecular formula is C15H19IO3. The van der Waals surface area contributed by atoms with Gasteiger partial charge >= 0.3 is 5.97 Å². The smallest absolute Gasteiger partial charge is 0.328 e. The van der Waals surface area contributed by atoms with Crippen LogP contribution >= 0.6 is 22.6 Å². The molecule has 1 aromatic carbocycles. The van der Waals surface area contributed by atoms with Crippen molar-refractivity contribution in [1.82, 2.24) is 0 Å². The van der Waals surface area contributed by atoms with Crippen LogP contribution in [0.5, 0.6) is 5.75 Å². The highest BCUT2D eigenvalue weighted by Gasteiger charge is 2.10. The van der Waals surface area contributed by atoms with E-state index < -0.39 is 5.97 Å². The van der Waals surface area contributed by atoms with E-state index >= 15 is 0 Å². The number of halogens is 1. The van der Waals surface area contributed by atoms with Crippen molar-refractivity contribution < 1.29 is 14.6 Å². The number of benzene rings is 1. The van der Waals surface area contributed by atoms with E-state index in [0.29, 0.717) is 0 Å². The second-order valence-corrected chi connectivity index (χ2v) is 5.36. The van der Waals surface area contributed by atoms with Gasteiger partial charge in [0.05, 0.1) is 10.7 Å². The van der Waals surface area contributed by atoms with Crippen LogP contribution in [0.1, 0.15) is 37.3 Å². The van der Waals surface area contributed by atoms with Gasteiger partial charge in [-0.3, -0.25) is 0 Å². The van der Waals surface area contributed by atoms with E-state index in [1.54, 1.807) is 13.2 Å². The SMILES string of the molecule is CCCCCc1c(C=CC(=O)O)ccc(OC)c1I. The highest BCUT2D eigenvalue weighted by molar-refractivity contribution is 14.1.